The maximum Gasteiger partial charge on any atom is 0.255 e. The van der Waals surface area contributed by atoms with Gasteiger partial charge in [-0.3, -0.25) is 4.79 Å². The van der Waals surface area contributed by atoms with Crippen molar-refractivity contribution in [3.63, 3.8) is 0 Å². The van der Waals surface area contributed by atoms with Gasteiger partial charge >= 0.3 is 0 Å². The number of hydrogen-bond donors (Lipinski definition) is 2. The minimum absolute atomic E-state index is 0.250. The number of nitrogens with one attached hydrogen (secondary N) is 1. The van der Waals surface area contributed by atoms with E-state index in [0.29, 0.717) is 28.3 Å². The average molecular weight is 382 g/mol. The van der Waals surface area contributed by atoms with Gasteiger partial charge in [0, 0.05) is 11.3 Å². The first-order chi connectivity index (χ1) is 12.9. The van der Waals surface area contributed by atoms with Gasteiger partial charge in [-0.25, -0.2) is 13.6 Å². The third-order valence-corrected chi connectivity index (χ3v) is 4.39. The van der Waals surface area contributed by atoms with Crippen LogP contribution in [0.15, 0.2) is 78.9 Å². The molecule has 0 radical (unpaired) electrons. The van der Waals surface area contributed by atoms with E-state index in [2.05, 4.69) is 5.32 Å². The lowest BCUT2D eigenvalue weighted by atomic mass is 10.2. The van der Waals surface area contributed by atoms with Crippen LogP contribution in [0.5, 0.6) is 11.5 Å². The van der Waals surface area contributed by atoms with E-state index in [1.807, 2.05) is 30.3 Å². The molecule has 3 rings (SSSR count). The van der Waals surface area contributed by atoms with E-state index in [9.17, 15) is 13.2 Å². The van der Waals surface area contributed by atoms with Crippen molar-refractivity contribution in [2.24, 2.45) is 5.14 Å². The summed E-state index contributed by atoms with van der Waals surface area (Å²) in [5.74, 6) is 0.686. The van der Waals surface area contributed by atoms with Crippen molar-refractivity contribution in [1.82, 2.24) is 0 Å². The predicted molar refractivity (Wildman–Crippen MR) is 104 cm³/mol. The normalized spacial score (nSPS) is 11.0. The Bertz CT molecular complexity index is 1030. The number of rotatable bonds is 6. The number of anilines is 1. The number of carbonyl (C=O) groups is 1. The zero-order chi connectivity index (χ0) is 19.3. The Hall–Kier alpha value is -3.16. The van der Waals surface area contributed by atoms with Crippen molar-refractivity contribution < 1.29 is 17.9 Å². The van der Waals surface area contributed by atoms with E-state index in [1.54, 1.807) is 48.5 Å². The van der Waals surface area contributed by atoms with Crippen molar-refractivity contribution in [3.05, 3.63) is 90.0 Å². The minimum atomic E-state index is -3.59. The second kappa shape index (κ2) is 8.03. The van der Waals surface area contributed by atoms with Crippen molar-refractivity contribution in [2.45, 2.75) is 5.75 Å². The van der Waals surface area contributed by atoms with Gasteiger partial charge in [-0.15, -0.1) is 0 Å². The molecule has 0 heterocycles. The number of carbonyl (C=O) groups excluding carboxylic acids is 1. The van der Waals surface area contributed by atoms with Crippen LogP contribution in [-0.4, -0.2) is 14.3 Å². The van der Waals surface area contributed by atoms with E-state index >= 15 is 0 Å². The van der Waals surface area contributed by atoms with Crippen molar-refractivity contribution >= 4 is 21.6 Å². The summed E-state index contributed by atoms with van der Waals surface area (Å²) in [6, 6.07) is 22.6. The molecule has 7 heteroatoms. The number of ether oxygens (including phenoxy) is 1. The molecule has 27 heavy (non-hydrogen) atoms. The van der Waals surface area contributed by atoms with Crippen molar-refractivity contribution in [1.29, 1.82) is 0 Å². The lowest BCUT2D eigenvalue weighted by Crippen LogP contribution is -2.15. The highest BCUT2D eigenvalue weighted by molar-refractivity contribution is 7.88. The molecule has 0 spiro atoms. The average Bonchev–Trinajstić information content (AvgIpc) is 2.63. The Kier molecular flexibility index (Phi) is 5.54. The molecule has 0 aliphatic heterocycles. The molecular weight excluding hydrogens is 364 g/mol. The summed E-state index contributed by atoms with van der Waals surface area (Å²) in [7, 11) is -3.59. The van der Waals surface area contributed by atoms with Crippen LogP contribution in [0.1, 0.15) is 15.9 Å². The molecule has 3 aromatic rings. The topological polar surface area (TPSA) is 98.5 Å². The van der Waals surface area contributed by atoms with Gasteiger partial charge in [0.2, 0.25) is 10.0 Å². The van der Waals surface area contributed by atoms with Crippen LogP contribution >= 0.6 is 0 Å². The number of sulfonamides is 1. The van der Waals surface area contributed by atoms with Gasteiger partial charge < -0.3 is 10.1 Å². The third kappa shape index (κ3) is 5.67. The molecule has 0 bridgehead atoms. The molecule has 0 aliphatic carbocycles. The summed E-state index contributed by atoms with van der Waals surface area (Å²) in [6.45, 7) is 0. The monoisotopic (exact) mass is 382 g/mol. The molecule has 0 aromatic heterocycles. The number of nitrogens with two attached hydrogens (primary N) is 1. The Morgan fingerprint density at radius 1 is 0.889 bits per heavy atom. The molecule has 0 fully saturated rings. The van der Waals surface area contributed by atoms with Crippen LogP contribution in [0.25, 0.3) is 0 Å². The Morgan fingerprint density at radius 2 is 1.56 bits per heavy atom. The lowest BCUT2D eigenvalue weighted by molar-refractivity contribution is 0.102. The van der Waals surface area contributed by atoms with Gasteiger partial charge in [0.1, 0.15) is 11.5 Å². The Labute approximate surface area is 157 Å². The number of para-hydroxylation sites is 1. The van der Waals surface area contributed by atoms with Crippen LogP contribution < -0.4 is 15.2 Å². The molecule has 0 saturated carbocycles. The molecule has 0 saturated heterocycles. The van der Waals surface area contributed by atoms with Gasteiger partial charge in [0.25, 0.3) is 5.91 Å². The van der Waals surface area contributed by atoms with E-state index in [-0.39, 0.29) is 11.7 Å². The van der Waals surface area contributed by atoms with Gasteiger partial charge in [-0.05, 0) is 48.0 Å². The van der Waals surface area contributed by atoms with E-state index in [1.165, 1.54) is 0 Å². The largest absolute Gasteiger partial charge is 0.457 e. The quantitative estimate of drug-likeness (QED) is 0.681. The highest BCUT2D eigenvalue weighted by Crippen LogP contribution is 2.22. The summed E-state index contributed by atoms with van der Waals surface area (Å²) < 4.78 is 27.9. The highest BCUT2D eigenvalue weighted by Gasteiger charge is 2.09. The molecule has 6 nitrogen and oxygen atoms in total. The van der Waals surface area contributed by atoms with Crippen LogP contribution in [0.4, 0.5) is 5.69 Å². The molecule has 0 aliphatic rings. The molecular formula is C20H18N2O4S. The molecule has 0 unspecified atom stereocenters. The van der Waals surface area contributed by atoms with Gasteiger partial charge in [-0.1, -0.05) is 36.4 Å². The Balaban J connectivity index is 1.68. The van der Waals surface area contributed by atoms with Crippen LogP contribution in [0.3, 0.4) is 0 Å². The number of hydrogen-bond acceptors (Lipinski definition) is 4. The fraction of sp³-hybridized carbons (Fsp3) is 0.0500. The Morgan fingerprint density at radius 3 is 2.22 bits per heavy atom. The summed E-state index contributed by atoms with van der Waals surface area (Å²) >= 11 is 0. The number of amides is 1. The first-order valence-electron chi connectivity index (χ1n) is 8.13. The smallest absolute Gasteiger partial charge is 0.255 e. The first kappa shape index (κ1) is 18.6. The zero-order valence-electron chi connectivity index (χ0n) is 14.3. The van der Waals surface area contributed by atoms with Gasteiger partial charge in [0.05, 0.1) is 5.75 Å². The van der Waals surface area contributed by atoms with Crippen molar-refractivity contribution in [2.75, 3.05) is 5.32 Å². The third-order valence-electron chi connectivity index (χ3n) is 3.65. The molecule has 1 amide bonds. The van der Waals surface area contributed by atoms with Gasteiger partial charge in [0.15, 0.2) is 0 Å². The second-order valence-electron chi connectivity index (χ2n) is 5.90. The minimum Gasteiger partial charge on any atom is -0.457 e. The fourth-order valence-electron chi connectivity index (χ4n) is 2.45. The maximum atomic E-state index is 12.4. The van der Waals surface area contributed by atoms with E-state index in [0.717, 1.165) is 0 Å². The summed E-state index contributed by atoms with van der Waals surface area (Å²) in [6.07, 6.45) is 0. The molecule has 3 aromatic carbocycles. The first-order valence-corrected chi connectivity index (χ1v) is 9.84. The summed E-state index contributed by atoms with van der Waals surface area (Å²) in [5.41, 5.74) is 1.54. The second-order valence-corrected chi connectivity index (χ2v) is 7.52. The van der Waals surface area contributed by atoms with Gasteiger partial charge in [-0.2, -0.15) is 0 Å². The highest BCUT2D eigenvalue weighted by atomic mass is 32.2. The fourth-order valence-corrected chi connectivity index (χ4v) is 3.10. The zero-order valence-corrected chi connectivity index (χ0v) is 15.1. The number of benzene rings is 3. The molecule has 0 atom stereocenters. The SMILES string of the molecule is NS(=O)(=O)Cc1ccc(NC(=O)c2cccc(Oc3ccccc3)c2)cc1. The predicted octanol–water partition coefficient (Wildman–Crippen LogP) is 3.52. The van der Waals surface area contributed by atoms with E-state index < -0.39 is 10.0 Å². The van der Waals surface area contributed by atoms with Crippen molar-refractivity contribution in [3.8, 4) is 11.5 Å². The van der Waals surface area contributed by atoms with Crippen LogP contribution in [0.2, 0.25) is 0 Å². The van der Waals surface area contributed by atoms with E-state index in [4.69, 9.17) is 9.88 Å². The standard InChI is InChI=1S/C20H18N2O4S/c21-27(24,25)14-15-9-11-17(12-10-15)22-20(23)16-5-4-8-19(13-16)26-18-6-2-1-3-7-18/h1-13H,14H2,(H,22,23)(H2,21,24,25). The molecule has 138 valence electrons. The lowest BCUT2D eigenvalue weighted by Gasteiger charge is -2.09. The van der Waals surface area contributed by atoms with Crippen LogP contribution in [0, 0.1) is 0 Å². The van der Waals surface area contributed by atoms with Crippen LogP contribution in [-0.2, 0) is 15.8 Å². The molecule has 3 N–H and O–H groups in total. The maximum absolute atomic E-state index is 12.4. The number of primary sulfonamides is 1. The summed E-state index contributed by atoms with van der Waals surface area (Å²) in [5, 5.41) is 7.79. The summed E-state index contributed by atoms with van der Waals surface area (Å²) in [4.78, 5) is 12.4.